The second kappa shape index (κ2) is 4.17. The molecule has 3 rings (SSSR count). The standard InChI is InChI=1S/C13H10N4/c1-2-9-17(8-1)12-5-7-15-13(16-12)11-4-3-6-14-10-11/h1-10H. The smallest absolute Gasteiger partial charge is 0.163 e. The molecule has 0 N–H and O–H groups in total. The first kappa shape index (κ1) is 9.72. The average Bonchev–Trinajstić information content (AvgIpc) is 2.94. The van der Waals surface area contributed by atoms with Gasteiger partial charge < -0.3 is 4.57 Å². The first-order valence-electron chi connectivity index (χ1n) is 5.30. The maximum atomic E-state index is 4.50. The number of rotatable bonds is 2. The quantitative estimate of drug-likeness (QED) is 0.668. The van der Waals surface area contributed by atoms with Gasteiger partial charge in [-0.3, -0.25) is 4.98 Å². The van der Waals surface area contributed by atoms with Crippen LogP contribution in [0.3, 0.4) is 0 Å². The van der Waals surface area contributed by atoms with Gasteiger partial charge in [-0.15, -0.1) is 0 Å². The van der Waals surface area contributed by atoms with E-state index in [1.165, 1.54) is 0 Å². The molecular weight excluding hydrogens is 212 g/mol. The van der Waals surface area contributed by atoms with E-state index >= 15 is 0 Å². The molecule has 0 fully saturated rings. The summed E-state index contributed by atoms with van der Waals surface area (Å²) in [6, 6.07) is 9.63. The van der Waals surface area contributed by atoms with E-state index in [1.54, 1.807) is 18.6 Å². The van der Waals surface area contributed by atoms with Crippen molar-refractivity contribution in [3.8, 4) is 17.2 Å². The summed E-state index contributed by atoms with van der Waals surface area (Å²) in [7, 11) is 0. The third-order valence-electron chi connectivity index (χ3n) is 2.43. The fourth-order valence-corrected chi connectivity index (χ4v) is 1.61. The van der Waals surface area contributed by atoms with Crippen molar-refractivity contribution < 1.29 is 0 Å². The lowest BCUT2D eigenvalue weighted by Gasteiger charge is -2.04. The lowest BCUT2D eigenvalue weighted by Crippen LogP contribution is -1.97. The van der Waals surface area contributed by atoms with Gasteiger partial charge in [-0.25, -0.2) is 9.97 Å². The van der Waals surface area contributed by atoms with Crippen molar-refractivity contribution in [2.75, 3.05) is 0 Å². The molecular formula is C13H10N4. The molecule has 0 unspecified atom stereocenters. The maximum Gasteiger partial charge on any atom is 0.163 e. The van der Waals surface area contributed by atoms with E-state index in [9.17, 15) is 0 Å². The molecule has 0 saturated carbocycles. The van der Waals surface area contributed by atoms with E-state index in [2.05, 4.69) is 15.0 Å². The lowest BCUT2D eigenvalue weighted by atomic mass is 10.3. The SMILES string of the molecule is c1cncc(-c2nccc(-n3cccc3)n2)c1. The molecule has 4 nitrogen and oxygen atoms in total. The van der Waals surface area contributed by atoms with Crippen molar-refractivity contribution in [2.24, 2.45) is 0 Å². The van der Waals surface area contributed by atoms with Crippen molar-refractivity contribution in [1.82, 2.24) is 19.5 Å². The predicted octanol–water partition coefficient (Wildman–Crippen LogP) is 2.33. The highest BCUT2D eigenvalue weighted by molar-refractivity contribution is 5.53. The Bertz CT molecular complexity index is 602. The summed E-state index contributed by atoms with van der Waals surface area (Å²) in [6.07, 6.45) is 9.16. The molecule has 3 aromatic rings. The van der Waals surface area contributed by atoms with Gasteiger partial charge in [0, 0.05) is 36.5 Å². The molecule has 0 bridgehead atoms. The molecule has 0 saturated heterocycles. The number of hydrogen-bond donors (Lipinski definition) is 0. The van der Waals surface area contributed by atoms with Crippen LogP contribution in [-0.2, 0) is 0 Å². The molecule has 0 aliphatic rings. The van der Waals surface area contributed by atoms with Crippen molar-refractivity contribution in [2.45, 2.75) is 0 Å². The summed E-state index contributed by atoms with van der Waals surface area (Å²) in [5, 5.41) is 0. The second-order valence-corrected chi connectivity index (χ2v) is 3.57. The van der Waals surface area contributed by atoms with Crippen molar-refractivity contribution in [1.29, 1.82) is 0 Å². The highest BCUT2D eigenvalue weighted by Gasteiger charge is 2.02. The third-order valence-corrected chi connectivity index (χ3v) is 2.43. The Morgan fingerprint density at radius 2 is 1.82 bits per heavy atom. The van der Waals surface area contributed by atoms with Crippen LogP contribution in [0.1, 0.15) is 0 Å². The summed E-state index contributed by atoms with van der Waals surface area (Å²) >= 11 is 0. The molecule has 0 aromatic carbocycles. The molecule has 4 heteroatoms. The summed E-state index contributed by atoms with van der Waals surface area (Å²) in [4.78, 5) is 12.8. The van der Waals surface area contributed by atoms with Crippen molar-refractivity contribution in [3.63, 3.8) is 0 Å². The number of pyridine rings is 1. The number of aromatic nitrogens is 4. The summed E-state index contributed by atoms with van der Waals surface area (Å²) < 4.78 is 1.95. The van der Waals surface area contributed by atoms with Crippen LogP contribution in [0.2, 0.25) is 0 Å². The Morgan fingerprint density at radius 3 is 2.59 bits per heavy atom. The van der Waals surface area contributed by atoms with Gasteiger partial charge >= 0.3 is 0 Å². The minimum Gasteiger partial charge on any atom is -0.309 e. The summed E-state index contributed by atoms with van der Waals surface area (Å²) in [6.45, 7) is 0. The van der Waals surface area contributed by atoms with Gasteiger partial charge in [0.15, 0.2) is 5.82 Å². The van der Waals surface area contributed by atoms with Gasteiger partial charge in [0.1, 0.15) is 5.82 Å². The normalized spacial score (nSPS) is 10.4. The molecule has 82 valence electrons. The van der Waals surface area contributed by atoms with Gasteiger partial charge in [-0.1, -0.05) is 0 Å². The topological polar surface area (TPSA) is 43.6 Å². The first-order chi connectivity index (χ1) is 8.43. The Labute approximate surface area is 98.6 Å². The number of hydrogen-bond acceptors (Lipinski definition) is 3. The minimum atomic E-state index is 0.685. The van der Waals surface area contributed by atoms with Gasteiger partial charge in [0.25, 0.3) is 0 Å². The molecule has 0 radical (unpaired) electrons. The largest absolute Gasteiger partial charge is 0.309 e. The zero-order valence-electron chi connectivity index (χ0n) is 9.06. The van der Waals surface area contributed by atoms with Crippen LogP contribution in [-0.4, -0.2) is 19.5 Å². The van der Waals surface area contributed by atoms with Crippen LogP contribution in [0.5, 0.6) is 0 Å². The molecule has 3 heterocycles. The third kappa shape index (κ3) is 1.92. The van der Waals surface area contributed by atoms with E-state index in [4.69, 9.17) is 0 Å². The summed E-state index contributed by atoms with van der Waals surface area (Å²) in [5.41, 5.74) is 0.918. The van der Waals surface area contributed by atoms with Gasteiger partial charge in [-0.05, 0) is 30.3 Å². The van der Waals surface area contributed by atoms with Gasteiger partial charge in [0.2, 0.25) is 0 Å². The van der Waals surface area contributed by atoms with E-state index in [0.717, 1.165) is 11.4 Å². The maximum absolute atomic E-state index is 4.50. The average molecular weight is 222 g/mol. The van der Waals surface area contributed by atoms with Crippen molar-refractivity contribution >= 4 is 0 Å². The summed E-state index contributed by atoms with van der Waals surface area (Å²) in [5.74, 6) is 1.54. The molecule has 0 aliphatic heterocycles. The highest BCUT2D eigenvalue weighted by atomic mass is 15.1. The molecule has 3 aromatic heterocycles. The molecule has 17 heavy (non-hydrogen) atoms. The van der Waals surface area contributed by atoms with E-state index in [-0.39, 0.29) is 0 Å². The van der Waals surface area contributed by atoms with Crippen LogP contribution < -0.4 is 0 Å². The van der Waals surface area contributed by atoms with E-state index < -0.39 is 0 Å². The van der Waals surface area contributed by atoms with Crippen LogP contribution >= 0.6 is 0 Å². The zero-order valence-corrected chi connectivity index (χ0v) is 9.06. The minimum absolute atomic E-state index is 0.685. The zero-order chi connectivity index (χ0) is 11.5. The molecule has 0 atom stereocenters. The lowest BCUT2D eigenvalue weighted by molar-refractivity contribution is 0.987. The number of nitrogens with zero attached hydrogens (tertiary/aromatic N) is 4. The van der Waals surface area contributed by atoms with Gasteiger partial charge in [-0.2, -0.15) is 0 Å². The van der Waals surface area contributed by atoms with Gasteiger partial charge in [0.05, 0.1) is 0 Å². The van der Waals surface area contributed by atoms with Crippen LogP contribution in [0.25, 0.3) is 17.2 Å². The van der Waals surface area contributed by atoms with Crippen LogP contribution in [0.15, 0.2) is 61.3 Å². The monoisotopic (exact) mass is 222 g/mol. The fraction of sp³-hybridized carbons (Fsp3) is 0. The van der Waals surface area contributed by atoms with Crippen molar-refractivity contribution in [3.05, 3.63) is 61.3 Å². The van der Waals surface area contributed by atoms with E-state index in [0.29, 0.717) is 5.82 Å². The Kier molecular flexibility index (Phi) is 2.38. The Hall–Kier alpha value is -2.49. The molecule has 0 amide bonds. The highest BCUT2D eigenvalue weighted by Crippen LogP contribution is 2.14. The van der Waals surface area contributed by atoms with Crippen LogP contribution in [0.4, 0.5) is 0 Å². The van der Waals surface area contributed by atoms with E-state index in [1.807, 2.05) is 47.3 Å². The molecule has 0 aliphatic carbocycles. The molecule has 0 spiro atoms. The Morgan fingerprint density at radius 1 is 0.941 bits per heavy atom. The first-order valence-corrected chi connectivity index (χ1v) is 5.30. The van der Waals surface area contributed by atoms with Crippen LogP contribution in [0, 0.1) is 0 Å². The fourth-order valence-electron chi connectivity index (χ4n) is 1.61. The second-order valence-electron chi connectivity index (χ2n) is 3.57. The Balaban J connectivity index is 2.06. The predicted molar refractivity (Wildman–Crippen MR) is 64.6 cm³/mol.